The van der Waals surface area contributed by atoms with Crippen LogP contribution in [0.25, 0.3) is 11.1 Å². The smallest absolute Gasteiger partial charge is 0.233 e. The van der Waals surface area contributed by atoms with Crippen molar-refractivity contribution in [3.05, 3.63) is 48.5 Å². The molecular weight excluding hydrogens is 294 g/mol. The van der Waals surface area contributed by atoms with E-state index in [4.69, 9.17) is 0 Å². The zero-order valence-corrected chi connectivity index (χ0v) is 13.6. The van der Waals surface area contributed by atoms with E-state index in [1.54, 1.807) is 30.4 Å². The second-order valence-corrected chi connectivity index (χ2v) is 6.87. The van der Waals surface area contributed by atoms with Gasteiger partial charge in [-0.05, 0) is 35.2 Å². The lowest BCUT2D eigenvalue weighted by atomic mass is 10.0. The topological polar surface area (TPSA) is 46.1 Å². The Labute approximate surface area is 135 Å². The van der Waals surface area contributed by atoms with Crippen molar-refractivity contribution in [2.45, 2.75) is 19.2 Å². The van der Waals surface area contributed by atoms with Gasteiger partial charge in [-0.25, -0.2) is 0 Å². The van der Waals surface area contributed by atoms with Crippen LogP contribution in [0.2, 0.25) is 0 Å². The van der Waals surface area contributed by atoms with Crippen LogP contribution in [0, 0.1) is 5.92 Å². The molecule has 1 atom stereocenters. The Morgan fingerprint density at radius 2 is 1.95 bits per heavy atom. The number of pyridine rings is 2. The van der Waals surface area contributed by atoms with Crippen molar-refractivity contribution >= 4 is 17.7 Å². The van der Waals surface area contributed by atoms with Crippen LogP contribution < -0.4 is 0 Å². The molecular formula is C17H19N3OS. The molecule has 0 aromatic carbocycles. The maximum Gasteiger partial charge on any atom is 0.233 e. The van der Waals surface area contributed by atoms with E-state index >= 15 is 0 Å². The molecule has 1 aliphatic heterocycles. The monoisotopic (exact) mass is 313 g/mol. The van der Waals surface area contributed by atoms with Gasteiger partial charge in [0.25, 0.3) is 0 Å². The molecule has 0 bridgehead atoms. The lowest BCUT2D eigenvalue weighted by molar-refractivity contribution is -0.128. The Hall–Kier alpha value is -1.88. The third-order valence-corrected chi connectivity index (χ3v) is 4.88. The number of rotatable bonds is 4. The Bertz CT molecular complexity index is 660. The second-order valence-electron chi connectivity index (χ2n) is 5.80. The number of hydrogen-bond acceptors (Lipinski definition) is 4. The summed E-state index contributed by atoms with van der Waals surface area (Å²) in [5, 5.41) is 0.0479. The van der Waals surface area contributed by atoms with Crippen LogP contribution in [0.5, 0.6) is 0 Å². The molecule has 0 spiro atoms. The van der Waals surface area contributed by atoms with Crippen LogP contribution in [0.15, 0.2) is 43.0 Å². The van der Waals surface area contributed by atoms with E-state index in [9.17, 15) is 4.79 Å². The summed E-state index contributed by atoms with van der Waals surface area (Å²) in [4.78, 5) is 22.6. The zero-order chi connectivity index (χ0) is 15.5. The quantitative estimate of drug-likeness (QED) is 0.868. The summed E-state index contributed by atoms with van der Waals surface area (Å²) in [5.41, 5.74) is 3.33. The first kappa shape index (κ1) is 15.0. The van der Waals surface area contributed by atoms with E-state index in [0.29, 0.717) is 11.7 Å². The minimum atomic E-state index is 0.0479. The molecule has 0 radical (unpaired) electrons. The molecule has 5 heteroatoms. The highest BCUT2D eigenvalue weighted by Crippen LogP contribution is 2.42. The SMILES string of the molecule is CC(C)CN1C(=O)CSC1c1cnccc1-c1ccncc1. The molecule has 4 nitrogen and oxygen atoms in total. The molecule has 22 heavy (non-hydrogen) atoms. The zero-order valence-electron chi connectivity index (χ0n) is 12.8. The number of carbonyl (C=O) groups is 1. The Kier molecular flexibility index (Phi) is 4.43. The molecule has 0 aliphatic carbocycles. The van der Waals surface area contributed by atoms with Crippen LogP contribution in [-0.2, 0) is 4.79 Å². The minimum Gasteiger partial charge on any atom is -0.325 e. The molecule has 1 amide bonds. The van der Waals surface area contributed by atoms with Gasteiger partial charge in [-0.2, -0.15) is 0 Å². The van der Waals surface area contributed by atoms with Gasteiger partial charge in [-0.15, -0.1) is 11.8 Å². The van der Waals surface area contributed by atoms with Gasteiger partial charge in [0.05, 0.1) is 5.75 Å². The lowest BCUT2D eigenvalue weighted by Gasteiger charge is -2.27. The average Bonchev–Trinajstić information content (AvgIpc) is 2.89. The summed E-state index contributed by atoms with van der Waals surface area (Å²) in [7, 11) is 0. The van der Waals surface area contributed by atoms with E-state index in [0.717, 1.165) is 23.2 Å². The van der Waals surface area contributed by atoms with Crippen LogP contribution in [0.3, 0.4) is 0 Å². The number of nitrogens with zero attached hydrogens (tertiary/aromatic N) is 3. The number of carbonyl (C=O) groups excluding carboxylic acids is 1. The minimum absolute atomic E-state index is 0.0479. The van der Waals surface area contributed by atoms with Gasteiger partial charge >= 0.3 is 0 Å². The normalized spacial score (nSPS) is 18.2. The van der Waals surface area contributed by atoms with Crippen LogP contribution in [0.1, 0.15) is 24.8 Å². The van der Waals surface area contributed by atoms with Crippen molar-refractivity contribution < 1.29 is 4.79 Å². The Morgan fingerprint density at radius 1 is 1.23 bits per heavy atom. The van der Waals surface area contributed by atoms with Crippen molar-refractivity contribution in [3.63, 3.8) is 0 Å². The fourth-order valence-electron chi connectivity index (χ4n) is 2.70. The predicted octanol–water partition coefficient (Wildman–Crippen LogP) is 3.37. The van der Waals surface area contributed by atoms with Gasteiger partial charge in [0.1, 0.15) is 5.37 Å². The lowest BCUT2D eigenvalue weighted by Crippen LogP contribution is -2.31. The van der Waals surface area contributed by atoms with Gasteiger partial charge in [0.2, 0.25) is 5.91 Å². The third kappa shape index (κ3) is 2.99. The molecule has 1 fully saturated rings. The van der Waals surface area contributed by atoms with Crippen LogP contribution in [-0.4, -0.2) is 33.1 Å². The summed E-state index contributed by atoms with van der Waals surface area (Å²) in [6.45, 7) is 5.06. The van der Waals surface area contributed by atoms with E-state index in [2.05, 4.69) is 23.8 Å². The second kappa shape index (κ2) is 6.48. The Balaban J connectivity index is 2.00. The predicted molar refractivity (Wildman–Crippen MR) is 89.2 cm³/mol. The molecule has 0 N–H and O–H groups in total. The van der Waals surface area contributed by atoms with Crippen molar-refractivity contribution in [2.75, 3.05) is 12.3 Å². The van der Waals surface area contributed by atoms with Gasteiger partial charge < -0.3 is 4.90 Å². The molecule has 1 unspecified atom stereocenters. The standard InChI is InChI=1S/C17H19N3OS/c1-12(2)10-20-16(21)11-22-17(20)15-9-19-8-5-14(15)13-3-6-18-7-4-13/h3-9,12,17H,10-11H2,1-2H3. The molecule has 2 aromatic rings. The third-order valence-electron chi connectivity index (χ3n) is 3.64. The summed E-state index contributed by atoms with van der Waals surface area (Å²) in [5.74, 6) is 1.21. The Morgan fingerprint density at radius 3 is 2.68 bits per heavy atom. The molecule has 2 aromatic heterocycles. The fourth-order valence-corrected chi connectivity index (χ4v) is 3.92. The highest BCUT2D eigenvalue weighted by molar-refractivity contribution is 8.00. The molecule has 114 valence electrons. The van der Waals surface area contributed by atoms with E-state index < -0.39 is 0 Å². The molecule has 1 saturated heterocycles. The summed E-state index contributed by atoms with van der Waals surface area (Å²) in [6, 6.07) is 6.00. The van der Waals surface area contributed by atoms with E-state index in [1.807, 2.05) is 29.3 Å². The van der Waals surface area contributed by atoms with Gasteiger partial charge in [0.15, 0.2) is 0 Å². The van der Waals surface area contributed by atoms with Crippen molar-refractivity contribution in [1.82, 2.24) is 14.9 Å². The van der Waals surface area contributed by atoms with E-state index in [-0.39, 0.29) is 11.3 Å². The maximum atomic E-state index is 12.2. The highest BCUT2D eigenvalue weighted by Gasteiger charge is 2.34. The van der Waals surface area contributed by atoms with E-state index in [1.165, 1.54) is 0 Å². The van der Waals surface area contributed by atoms with Crippen molar-refractivity contribution in [1.29, 1.82) is 0 Å². The summed E-state index contributed by atoms with van der Waals surface area (Å²) in [6.07, 6.45) is 7.27. The summed E-state index contributed by atoms with van der Waals surface area (Å²) < 4.78 is 0. The molecule has 3 heterocycles. The number of hydrogen-bond donors (Lipinski definition) is 0. The fraction of sp³-hybridized carbons (Fsp3) is 0.353. The molecule has 0 saturated carbocycles. The van der Waals surface area contributed by atoms with Gasteiger partial charge in [-0.3, -0.25) is 14.8 Å². The summed E-state index contributed by atoms with van der Waals surface area (Å²) >= 11 is 1.68. The number of thioether (sulfide) groups is 1. The molecule has 1 aliphatic rings. The first-order valence-electron chi connectivity index (χ1n) is 7.42. The maximum absolute atomic E-state index is 12.2. The molecule has 3 rings (SSSR count). The van der Waals surface area contributed by atoms with Gasteiger partial charge in [-0.1, -0.05) is 13.8 Å². The van der Waals surface area contributed by atoms with Crippen molar-refractivity contribution in [3.8, 4) is 11.1 Å². The number of aromatic nitrogens is 2. The van der Waals surface area contributed by atoms with Crippen LogP contribution >= 0.6 is 11.8 Å². The largest absolute Gasteiger partial charge is 0.325 e. The van der Waals surface area contributed by atoms with Crippen LogP contribution in [0.4, 0.5) is 0 Å². The average molecular weight is 313 g/mol. The van der Waals surface area contributed by atoms with Gasteiger partial charge in [0, 0.05) is 36.9 Å². The van der Waals surface area contributed by atoms with Crippen molar-refractivity contribution in [2.24, 2.45) is 5.92 Å². The first-order chi connectivity index (χ1) is 10.7. The first-order valence-corrected chi connectivity index (χ1v) is 8.47. The highest BCUT2D eigenvalue weighted by atomic mass is 32.2. The number of amides is 1.